The van der Waals surface area contributed by atoms with Gasteiger partial charge in [-0.05, 0) is 19.4 Å². The van der Waals surface area contributed by atoms with E-state index in [0.717, 1.165) is 54.7 Å². The summed E-state index contributed by atoms with van der Waals surface area (Å²) in [4.78, 5) is 9.90. The van der Waals surface area contributed by atoms with Crippen LogP contribution in [0.25, 0.3) is 17.0 Å². The molecule has 0 atom stereocenters. The number of nitrogen functional groups attached to an aromatic ring is 1. The normalized spacial score (nSPS) is 17.1. The van der Waals surface area contributed by atoms with Crippen LogP contribution in [-0.4, -0.2) is 40.6 Å². The third kappa shape index (κ3) is 3.24. The predicted molar refractivity (Wildman–Crippen MR) is 95.5 cm³/mol. The van der Waals surface area contributed by atoms with Gasteiger partial charge in [-0.15, -0.1) is 0 Å². The fourth-order valence-electron chi connectivity index (χ4n) is 3.11. The van der Waals surface area contributed by atoms with Crippen LogP contribution in [-0.2, 0) is 0 Å². The molecule has 1 fully saturated rings. The SMILES string of the molecule is C=C/C=C\c1c(N)[nH]c2cncc(OC3CCN(CC)CC3)c12. The van der Waals surface area contributed by atoms with Gasteiger partial charge in [-0.3, -0.25) is 4.98 Å². The second-order valence-corrected chi connectivity index (χ2v) is 5.86. The Labute approximate surface area is 136 Å². The summed E-state index contributed by atoms with van der Waals surface area (Å²) >= 11 is 0. The molecule has 3 N–H and O–H groups in total. The van der Waals surface area contributed by atoms with Crippen LogP contribution in [0.1, 0.15) is 25.3 Å². The van der Waals surface area contributed by atoms with Crippen molar-refractivity contribution >= 4 is 22.8 Å². The number of allylic oxidation sites excluding steroid dienone is 2. The molecule has 1 aliphatic heterocycles. The molecule has 0 unspecified atom stereocenters. The van der Waals surface area contributed by atoms with Crippen molar-refractivity contribution in [2.24, 2.45) is 0 Å². The summed E-state index contributed by atoms with van der Waals surface area (Å²) in [5.41, 5.74) is 7.93. The minimum atomic E-state index is 0.234. The lowest BCUT2D eigenvalue weighted by molar-refractivity contribution is 0.105. The van der Waals surface area contributed by atoms with Crippen molar-refractivity contribution in [1.82, 2.24) is 14.9 Å². The van der Waals surface area contributed by atoms with Crippen molar-refractivity contribution in [2.45, 2.75) is 25.9 Å². The molecule has 3 rings (SSSR count). The summed E-state index contributed by atoms with van der Waals surface area (Å²) in [5.74, 6) is 1.42. The second-order valence-electron chi connectivity index (χ2n) is 5.86. The zero-order chi connectivity index (χ0) is 16.2. The van der Waals surface area contributed by atoms with Gasteiger partial charge in [0.05, 0.1) is 23.3 Å². The molecule has 0 spiro atoms. The molecule has 5 nitrogen and oxygen atoms in total. The van der Waals surface area contributed by atoms with E-state index in [1.807, 2.05) is 12.2 Å². The fourth-order valence-corrected chi connectivity index (χ4v) is 3.11. The van der Waals surface area contributed by atoms with Gasteiger partial charge in [0, 0.05) is 18.7 Å². The minimum Gasteiger partial charge on any atom is -0.488 e. The van der Waals surface area contributed by atoms with E-state index in [4.69, 9.17) is 10.5 Å². The number of aromatic amines is 1. The molecule has 2 aromatic heterocycles. The zero-order valence-corrected chi connectivity index (χ0v) is 13.6. The van der Waals surface area contributed by atoms with Crippen LogP contribution in [0.5, 0.6) is 5.75 Å². The lowest BCUT2D eigenvalue weighted by Crippen LogP contribution is -2.38. The number of fused-ring (bicyclic) bond motifs is 1. The Morgan fingerprint density at radius 1 is 1.43 bits per heavy atom. The van der Waals surface area contributed by atoms with Crippen LogP contribution in [0.3, 0.4) is 0 Å². The van der Waals surface area contributed by atoms with Crippen LogP contribution >= 0.6 is 0 Å². The first kappa shape index (κ1) is 15.6. The van der Waals surface area contributed by atoms with Crippen LogP contribution < -0.4 is 10.5 Å². The lowest BCUT2D eigenvalue weighted by Gasteiger charge is -2.31. The number of aromatic nitrogens is 2. The molecule has 1 saturated heterocycles. The van der Waals surface area contributed by atoms with E-state index < -0.39 is 0 Å². The third-order valence-electron chi connectivity index (χ3n) is 4.41. The van der Waals surface area contributed by atoms with Gasteiger partial charge in [-0.2, -0.15) is 0 Å². The molecule has 0 aromatic carbocycles. The number of hydrogen-bond acceptors (Lipinski definition) is 4. The van der Waals surface area contributed by atoms with Gasteiger partial charge in [-0.1, -0.05) is 31.7 Å². The minimum absolute atomic E-state index is 0.234. The first-order chi connectivity index (χ1) is 11.2. The number of likely N-dealkylation sites (tertiary alicyclic amines) is 1. The van der Waals surface area contributed by atoms with Gasteiger partial charge >= 0.3 is 0 Å². The average Bonchev–Trinajstić information content (AvgIpc) is 2.90. The summed E-state index contributed by atoms with van der Waals surface area (Å²) < 4.78 is 6.27. The Hall–Kier alpha value is -2.27. The van der Waals surface area contributed by atoms with Gasteiger partial charge in [0.1, 0.15) is 17.7 Å². The number of H-pyrrole nitrogens is 1. The standard InChI is InChI=1S/C18H24N4O/c1-3-5-6-14-17-15(21-18(14)19)11-20-12-16(17)23-13-7-9-22(4-2)10-8-13/h3,5-6,11-13,21H,1,4,7-10,19H2,2H3/b6-5-. The maximum absolute atomic E-state index is 6.27. The highest BCUT2D eigenvalue weighted by Gasteiger charge is 2.21. The van der Waals surface area contributed by atoms with Crippen molar-refractivity contribution < 1.29 is 4.74 Å². The summed E-state index contributed by atoms with van der Waals surface area (Å²) in [6.07, 6.45) is 11.5. The number of anilines is 1. The van der Waals surface area contributed by atoms with E-state index in [1.54, 1.807) is 18.5 Å². The van der Waals surface area contributed by atoms with Crippen molar-refractivity contribution in [3.05, 3.63) is 36.7 Å². The first-order valence-electron chi connectivity index (χ1n) is 8.16. The molecule has 122 valence electrons. The molecule has 3 heterocycles. The van der Waals surface area contributed by atoms with E-state index in [9.17, 15) is 0 Å². The van der Waals surface area contributed by atoms with Crippen molar-refractivity contribution in [3.8, 4) is 5.75 Å². The second kappa shape index (κ2) is 6.87. The quantitative estimate of drug-likeness (QED) is 0.832. The number of hydrogen-bond donors (Lipinski definition) is 2. The summed E-state index contributed by atoms with van der Waals surface area (Å²) in [6.45, 7) is 9.19. The molecule has 23 heavy (non-hydrogen) atoms. The summed E-state index contributed by atoms with van der Waals surface area (Å²) in [6, 6.07) is 0. The number of pyridine rings is 1. The van der Waals surface area contributed by atoms with Crippen LogP contribution in [0.2, 0.25) is 0 Å². The Bertz CT molecular complexity index is 711. The Kier molecular flexibility index (Phi) is 4.67. The maximum Gasteiger partial charge on any atom is 0.148 e. The topological polar surface area (TPSA) is 67.2 Å². The molecule has 2 aromatic rings. The van der Waals surface area contributed by atoms with Gasteiger partial charge in [-0.25, -0.2) is 0 Å². The maximum atomic E-state index is 6.27. The molecular weight excluding hydrogens is 288 g/mol. The lowest BCUT2D eigenvalue weighted by atomic mass is 10.1. The highest BCUT2D eigenvalue weighted by molar-refractivity contribution is 5.98. The van der Waals surface area contributed by atoms with Crippen molar-refractivity contribution in [3.63, 3.8) is 0 Å². The average molecular weight is 312 g/mol. The van der Waals surface area contributed by atoms with E-state index in [1.165, 1.54) is 0 Å². The van der Waals surface area contributed by atoms with Gasteiger partial charge in [0.25, 0.3) is 0 Å². The van der Waals surface area contributed by atoms with E-state index in [-0.39, 0.29) is 6.10 Å². The molecule has 0 saturated carbocycles. The highest BCUT2D eigenvalue weighted by Crippen LogP contribution is 2.34. The molecule has 5 heteroatoms. The Morgan fingerprint density at radius 3 is 2.91 bits per heavy atom. The molecular formula is C18H24N4O. The van der Waals surface area contributed by atoms with Crippen LogP contribution in [0.4, 0.5) is 5.82 Å². The number of rotatable bonds is 5. The van der Waals surface area contributed by atoms with E-state index in [2.05, 4.69) is 28.4 Å². The number of nitrogens with two attached hydrogens (primary N) is 1. The van der Waals surface area contributed by atoms with Crippen molar-refractivity contribution in [2.75, 3.05) is 25.4 Å². The van der Waals surface area contributed by atoms with Gasteiger partial charge in [0.15, 0.2) is 0 Å². The summed E-state index contributed by atoms with van der Waals surface area (Å²) in [7, 11) is 0. The van der Waals surface area contributed by atoms with E-state index in [0.29, 0.717) is 5.82 Å². The van der Waals surface area contributed by atoms with Crippen molar-refractivity contribution in [1.29, 1.82) is 0 Å². The number of nitrogens with zero attached hydrogens (tertiary/aromatic N) is 2. The molecule has 0 bridgehead atoms. The molecule has 0 amide bonds. The highest BCUT2D eigenvalue weighted by atomic mass is 16.5. The number of piperidine rings is 1. The van der Waals surface area contributed by atoms with Gasteiger partial charge < -0.3 is 20.4 Å². The van der Waals surface area contributed by atoms with Crippen LogP contribution in [0.15, 0.2) is 31.1 Å². The van der Waals surface area contributed by atoms with E-state index >= 15 is 0 Å². The van der Waals surface area contributed by atoms with Gasteiger partial charge in [0.2, 0.25) is 0 Å². The number of ether oxygens (including phenoxy) is 1. The van der Waals surface area contributed by atoms with Crippen LogP contribution in [0, 0.1) is 0 Å². The summed E-state index contributed by atoms with van der Waals surface area (Å²) in [5, 5.41) is 0.994. The Morgan fingerprint density at radius 2 is 2.22 bits per heavy atom. The number of nitrogens with one attached hydrogen (secondary N) is 1. The largest absolute Gasteiger partial charge is 0.488 e. The first-order valence-corrected chi connectivity index (χ1v) is 8.16. The zero-order valence-electron chi connectivity index (χ0n) is 13.6. The third-order valence-corrected chi connectivity index (χ3v) is 4.41. The molecule has 0 radical (unpaired) electrons. The molecule has 1 aliphatic rings. The fraction of sp³-hybridized carbons (Fsp3) is 0.389. The Balaban J connectivity index is 1.88. The monoisotopic (exact) mass is 312 g/mol. The molecule has 0 aliphatic carbocycles. The predicted octanol–water partition coefficient (Wildman–Crippen LogP) is 3.21. The smallest absolute Gasteiger partial charge is 0.148 e.